The van der Waals surface area contributed by atoms with E-state index in [2.05, 4.69) is 26.8 Å². The minimum absolute atomic E-state index is 0.0445. The van der Waals surface area contributed by atoms with Gasteiger partial charge in [-0.3, -0.25) is 0 Å². The van der Waals surface area contributed by atoms with Gasteiger partial charge >= 0.3 is 0 Å². The fraction of sp³-hybridized carbons (Fsp3) is 0.769. The molecular formula is C26H45NO3. The summed E-state index contributed by atoms with van der Waals surface area (Å²) in [5.74, 6) is 3.99. The van der Waals surface area contributed by atoms with Crippen LogP contribution in [0.15, 0.2) is 18.2 Å². The van der Waals surface area contributed by atoms with E-state index in [0.717, 1.165) is 61.2 Å². The lowest BCUT2D eigenvalue weighted by atomic mass is 9.87. The van der Waals surface area contributed by atoms with Gasteiger partial charge in [-0.15, -0.1) is 0 Å². The van der Waals surface area contributed by atoms with Gasteiger partial charge < -0.3 is 20.3 Å². The molecule has 0 aliphatic heterocycles. The molecule has 4 heteroatoms. The lowest BCUT2D eigenvalue weighted by Crippen LogP contribution is -2.44. The standard InChI is InChI=1S/C26H45NO3/c1-20(2)7-5-8-21(3)9-6-16-30-24-13-12-23(25(17-24)29-4)14-15-26(27,19-28)18-22-10-11-22/h12-13,17,20-22,28H,5-11,14-16,18-19,27H2,1-4H3/t21?,26-/m0/s1. The average molecular weight is 420 g/mol. The van der Waals surface area contributed by atoms with Crippen molar-refractivity contribution in [2.24, 2.45) is 23.5 Å². The largest absolute Gasteiger partial charge is 0.496 e. The summed E-state index contributed by atoms with van der Waals surface area (Å²) in [6, 6.07) is 6.10. The number of hydrogen-bond acceptors (Lipinski definition) is 4. The molecule has 1 fully saturated rings. The molecule has 1 aliphatic rings. The zero-order valence-electron chi connectivity index (χ0n) is 19.8. The maximum Gasteiger partial charge on any atom is 0.125 e. The Labute approximate surface area is 184 Å². The monoisotopic (exact) mass is 419 g/mol. The number of aryl methyl sites for hydroxylation is 1. The van der Waals surface area contributed by atoms with Gasteiger partial charge in [0.25, 0.3) is 0 Å². The van der Waals surface area contributed by atoms with Crippen molar-refractivity contribution in [2.75, 3.05) is 20.3 Å². The molecule has 0 bridgehead atoms. The van der Waals surface area contributed by atoms with Crippen LogP contribution in [0.3, 0.4) is 0 Å². The molecule has 1 aromatic carbocycles. The summed E-state index contributed by atoms with van der Waals surface area (Å²) < 4.78 is 11.6. The molecule has 0 amide bonds. The van der Waals surface area contributed by atoms with Crippen LogP contribution in [0.4, 0.5) is 0 Å². The van der Waals surface area contributed by atoms with Crippen molar-refractivity contribution in [3.05, 3.63) is 23.8 Å². The molecule has 30 heavy (non-hydrogen) atoms. The summed E-state index contributed by atoms with van der Waals surface area (Å²) in [6.45, 7) is 7.74. The topological polar surface area (TPSA) is 64.7 Å². The van der Waals surface area contributed by atoms with Crippen LogP contribution in [0.5, 0.6) is 11.5 Å². The highest BCUT2D eigenvalue weighted by molar-refractivity contribution is 5.41. The van der Waals surface area contributed by atoms with Crippen molar-refractivity contribution in [1.82, 2.24) is 0 Å². The van der Waals surface area contributed by atoms with Crippen LogP contribution in [0.2, 0.25) is 0 Å². The van der Waals surface area contributed by atoms with Gasteiger partial charge in [-0.05, 0) is 61.5 Å². The summed E-state index contributed by atoms with van der Waals surface area (Å²) in [6.07, 6.45) is 11.3. The Balaban J connectivity index is 1.75. The number of nitrogens with two attached hydrogens (primary N) is 1. The highest BCUT2D eigenvalue weighted by Crippen LogP contribution is 2.37. The normalized spacial score (nSPS) is 17.0. The molecule has 0 heterocycles. The Morgan fingerprint density at radius 1 is 1.13 bits per heavy atom. The fourth-order valence-electron chi connectivity index (χ4n) is 4.19. The number of ether oxygens (including phenoxy) is 2. The first-order valence-electron chi connectivity index (χ1n) is 12.0. The molecule has 4 nitrogen and oxygen atoms in total. The van der Waals surface area contributed by atoms with E-state index in [1.165, 1.54) is 38.5 Å². The number of hydrogen-bond donors (Lipinski definition) is 2. The molecule has 1 saturated carbocycles. The highest BCUT2D eigenvalue weighted by Gasteiger charge is 2.33. The molecule has 0 aromatic heterocycles. The number of rotatable bonds is 16. The maximum atomic E-state index is 9.77. The minimum atomic E-state index is -0.479. The van der Waals surface area contributed by atoms with Crippen molar-refractivity contribution in [3.63, 3.8) is 0 Å². The van der Waals surface area contributed by atoms with Crippen LogP contribution in [0.1, 0.15) is 84.1 Å². The third kappa shape index (κ3) is 9.26. The van der Waals surface area contributed by atoms with Gasteiger partial charge in [0.05, 0.1) is 20.3 Å². The zero-order chi connectivity index (χ0) is 22.0. The number of benzene rings is 1. The Morgan fingerprint density at radius 3 is 2.50 bits per heavy atom. The minimum Gasteiger partial charge on any atom is -0.496 e. The van der Waals surface area contributed by atoms with E-state index in [9.17, 15) is 5.11 Å². The van der Waals surface area contributed by atoms with Gasteiger partial charge in [-0.25, -0.2) is 0 Å². The summed E-state index contributed by atoms with van der Waals surface area (Å²) in [4.78, 5) is 0. The van der Waals surface area contributed by atoms with Gasteiger partial charge in [-0.2, -0.15) is 0 Å². The molecular weight excluding hydrogens is 374 g/mol. The number of methoxy groups -OCH3 is 1. The summed E-state index contributed by atoms with van der Waals surface area (Å²) in [5.41, 5.74) is 7.09. The Morgan fingerprint density at radius 2 is 1.87 bits per heavy atom. The Bertz CT molecular complexity index is 614. The quantitative estimate of drug-likeness (QED) is 0.335. The van der Waals surface area contributed by atoms with Gasteiger partial charge in [0.2, 0.25) is 0 Å². The molecule has 1 unspecified atom stereocenters. The van der Waals surface area contributed by atoms with Crippen LogP contribution in [0, 0.1) is 17.8 Å². The summed E-state index contributed by atoms with van der Waals surface area (Å²) >= 11 is 0. The second kappa shape index (κ2) is 12.6. The van der Waals surface area contributed by atoms with E-state index < -0.39 is 5.54 Å². The van der Waals surface area contributed by atoms with Crippen LogP contribution < -0.4 is 15.2 Å². The predicted molar refractivity (Wildman–Crippen MR) is 125 cm³/mol. The Hall–Kier alpha value is -1.26. The maximum absolute atomic E-state index is 9.77. The first kappa shape index (κ1) is 25.0. The fourth-order valence-corrected chi connectivity index (χ4v) is 4.19. The first-order chi connectivity index (χ1) is 14.3. The second-order valence-corrected chi connectivity index (χ2v) is 10.1. The van der Waals surface area contributed by atoms with E-state index in [1.54, 1.807) is 7.11 Å². The molecule has 1 aliphatic carbocycles. The highest BCUT2D eigenvalue weighted by atomic mass is 16.5. The van der Waals surface area contributed by atoms with Crippen molar-refractivity contribution < 1.29 is 14.6 Å². The molecule has 0 saturated heterocycles. The van der Waals surface area contributed by atoms with Crippen molar-refractivity contribution in [1.29, 1.82) is 0 Å². The first-order valence-corrected chi connectivity index (χ1v) is 12.0. The van der Waals surface area contributed by atoms with E-state index in [0.29, 0.717) is 5.92 Å². The van der Waals surface area contributed by atoms with E-state index in [4.69, 9.17) is 15.2 Å². The van der Waals surface area contributed by atoms with E-state index >= 15 is 0 Å². The summed E-state index contributed by atoms with van der Waals surface area (Å²) in [5, 5.41) is 9.77. The molecule has 2 rings (SSSR count). The van der Waals surface area contributed by atoms with Crippen molar-refractivity contribution >= 4 is 0 Å². The van der Waals surface area contributed by atoms with E-state index in [-0.39, 0.29) is 6.61 Å². The molecule has 172 valence electrons. The van der Waals surface area contributed by atoms with E-state index in [1.807, 2.05) is 12.1 Å². The van der Waals surface area contributed by atoms with Crippen molar-refractivity contribution in [2.45, 2.75) is 90.5 Å². The Kier molecular flexibility index (Phi) is 10.5. The lowest BCUT2D eigenvalue weighted by Gasteiger charge is -2.27. The van der Waals surface area contributed by atoms with Gasteiger partial charge in [0.1, 0.15) is 11.5 Å². The third-order valence-corrected chi connectivity index (χ3v) is 6.45. The van der Waals surface area contributed by atoms with Crippen LogP contribution in [-0.2, 0) is 6.42 Å². The van der Waals surface area contributed by atoms with Gasteiger partial charge in [-0.1, -0.05) is 58.9 Å². The molecule has 3 N–H and O–H groups in total. The average Bonchev–Trinajstić information content (AvgIpc) is 3.53. The van der Waals surface area contributed by atoms with Crippen molar-refractivity contribution in [3.8, 4) is 11.5 Å². The number of aliphatic hydroxyl groups excluding tert-OH is 1. The molecule has 2 atom stereocenters. The van der Waals surface area contributed by atoms with Gasteiger partial charge in [0, 0.05) is 11.6 Å². The van der Waals surface area contributed by atoms with Gasteiger partial charge in [0.15, 0.2) is 0 Å². The summed E-state index contributed by atoms with van der Waals surface area (Å²) in [7, 11) is 1.70. The number of aliphatic hydroxyl groups is 1. The third-order valence-electron chi connectivity index (χ3n) is 6.45. The lowest BCUT2D eigenvalue weighted by molar-refractivity contribution is 0.172. The molecule has 1 aromatic rings. The molecule has 0 spiro atoms. The smallest absolute Gasteiger partial charge is 0.125 e. The van der Waals surface area contributed by atoms with Crippen LogP contribution in [0.25, 0.3) is 0 Å². The SMILES string of the molecule is COc1cc(OCCCC(C)CCCC(C)C)ccc1CC[C@@](N)(CO)CC1CC1. The second-order valence-electron chi connectivity index (χ2n) is 10.1. The predicted octanol–water partition coefficient (Wildman–Crippen LogP) is 5.74. The van der Waals surface area contributed by atoms with Crippen LogP contribution in [-0.4, -0.2) is 31.0 Å². The van der Waals surface area contributed by atoms with Crippen LogP contribution >= 0.6 is 0 Å². The molecule has 0 radical (unpaired) electrons. The zero-order valence-corrected chi connectivity index (χ0v) is 19.8.